The predicted molar refractivity (Wildman–Crippen MR) is 118 cm³/mol. The normalized spacial score (nSPS) is 18.5. The third-order valence-corrected chi connectivity index (χ3v) is 7.53. The largest absolute Gasteiger partial charge is 0.370 e. The van der Waals surface area contributed by atoms with E-state index in [9.17, 15) is 8.42 Å². The van der Waals surface area contributed by atoms with Crippen LogP contribution in [0.25, 0.3) is 10.9 Å². The lowest BCUT2D eigenvalue weighted by Crippen LogP contribution is -2.25. The molecule has 0 radical (unpaired) electrons. The van der Waals surface area contributed by atoms with Gasteiger partial charge < -0.3 is 4.90 Å². The topological polar surface area (TPSA) is 53.5 Å². The lowest BCUT2D eigenvalue weighted by molar-refractivity contribution is 0.598. The second-order valence-electron chi connectivity index (χ2n) is 7.43. The molecule has 1 aromatic heterocycles. The van der Waals surface area contributed by atoms with Gasteiger partial charge in [0.1, 0.15) is 0 Å². The Balaban J connectivity index is 1.63. The van der Waals surface area contributed by atoms with Crippen molar-refractivity contribution in [1.82, 2.24) is 4.98 Å². The van der Waals surface area contributed by atoms with Gasteiger partial charge in [0.2, 0.25) is 10.0 Å². The zero-order valence-corrected chi connectivity index (χ0v) is 18.2. The summed E-state index contributed by atoms with van der Waals surface area (Å²) in [6, 6.07) is 15.9. The Hall–Kier alpha value is -2.12. The molecule has 0 N–H and O–H groups in total. The summed E-state index contributed by atoms with van der Waals surface area (Å²) in [6.07, 6.45) is 1.82. The average Bonchev–Trinajstić information content (AvgIpc) is 2.93. The third-order valence-electron chi connectivity index (χ3n) is 5.02. The van der Waals surface area contributed by atoms with Crippen molar-refractivity contribution in [3.63, 3.8) is 0 Å². The Morgan fingerprint density at radius 1 is 1.21 bits per heavy atom. The molecule has 1 aliphatic heterocycles. The van der Waals surface area contributed by atoms with Gasteiger partial charge in [-0.25, -0.2) is 8.42 Å². The van der Waals surface area contributed by atoms with E-state index in [1.165, 1.54) is 0 Å². The van der Waals surface area contributed by atoms with E-state index >= 15 is 0 Å². The molecule has 0 spiro atoms. The molecule has 1 fully saturated rings. The Kier molecular flexibility index (Phi) is 5.05. The summed E-state index contributed by atoms with van der Waals surface area (Å²) in [5, 5.41) is 1.08. The van der Waals surface area contributed by atoms with Crippen LogP contribution in [0.4, 0.5) is 11.4 Å². The molecule has 0 aliphatic carbocycles. The van der Waals surface area contributed by atoms with Gasteiger partial charge in [-0.1, -0.05) is 35.0 Å². The molecule has 1 saturated heterocycles. The van der Waals surface area contributed by atoms with Gasteiger partial charge in [-0.2, -0.15) is 0 Å². The first kappa shape index (κ1) is 19.2. The van der Waals surface area contributed by atoms with E-state index in [4.69, 9.17) is 0 Å². The molecule has 0 amide bonds. The molecule has 3 aromatic rings. The summed E-state index contributed by atoms with van der Waals surface area (Å²) in [7, 11) is -1.18. The minimum absolute atomic E-state index is 0.151. The monoisotopic (exact) mass is 459 g/mol. The molecule has 2 aromatic carbocycles. The van der Waals surface area contributed by atoms with Crippen LogP contribution in [0, 0.1) is 5.92 Å². The molecule has 1 atom stereocenters. The minimum atomic E-state index is -3.21. The Morgan fingerprint density at radius 2 is 2.04 bits per heavy atom. The van der Waals surface area contributed by atoms with Gasteiger partial charge in [-0.05, 0) is 47.9 Å². The molecule has 2 heterocycles. The van der Waals surface area contributed by atoms with Crippen LogP contribution in [-0.2, 0) is 16.6 Å². The van der Waals surface area contributed by atoms with E-state index in [1.807, 2.05) is 62.6 Å². The van der Waals surface area contributed by atoms with Crippen molar-refractivity contribution in [3.05, 3.63) is 64.8 Å². The van der Waals surface area contributed by atoms with E-state index in [1.54, 1.807) is 4.31 Å². The highest BCUT2D eigenvalue weighted by atomic mass is 79.9. The summed E-state index contributed by atoms with van der Waals surface area (Å²) >= 11 is 3.54. The van der Waals surface area contributed by atoms with Crippen LogP contribution in [0.15, 0.2) is 59.2 Å². The smallest absolute Gasteiger partial charge is 0.235 e. The minimum Gasteiger partial charge on any atom is -0.370 e. The SMILES string of the molecule is CC1CN(c2cccc(CN(C)c3ccnc4ccc(Br)cc34)c2)S(=O)(=O)C1. The Morgan fingerprint density at radius 3 is 2.79 bits per heavy atom. The first-order valence-electron chi connectivity index (χ1n) is 9.18. The maximum absolute atomic E-state index is 12.4. The Bertz CT molecular complexity index is 1130. The van der Waals surface area contributed by atoms with Crippen molar-refractivity contribution in [2.75, 3.05) is 28.6 Å². The molecule has 0 saturated carbocycles. The van der Waals surface area contributed by atoms with Crippen LogP contribution in [-0.4, -0.2) is 32.7 Å². The van der Waals surface area contributed by atoms with Crippen molar-refractivity contribution in [1.29, 1.82) is 0 Å². The van der Waals surface area contributed by atoms with Gasteiger partial charge >= 0.3 is 0 Å². The van der Waals surface area contributed by atoms with Crippen molar-refractivity contribution < 1.29 is 8.42 Å². The highest BCUT2D eigenvalue weighted by molar-refractivity contribution is 9.10. The lowest BCUT2D eigenvalue weighted by Gasteiger charge is -2.23. The number of anilines is 2. The number of sulfonamides is 1. The van der Waals surface area contributed by atoms with E-state index in [0.717, 1.165) is 32.3 Å². The quantitative estimate of drug-likeness (QED) is 0.579. The number of aromatic nitrogens is 1. The van der Waals surface area contributed by atoms with Crippen LogP contribution in [0.3, 0.4) is 0 Å². The summed E-state index contributed by atoms with van der Waals surface area (Å²) < 4.78 is 27.4. The van der Waals surface area contributed by atoms with Crippen LogP contribution < -0.4 is 9.21 Å². The summed E-state index contributed by atoms with van der Waals surface area (Å²) in [5.41, 5.74) is 3.84. The van der Waals surface area contributed by atoms with E-state index in [0.29, 0.717) is 13.1 Å². The van der Waals surface area contributed by atoms with E-state index in [2.05, 4.69) is 31.9 Å². The summed E-state index contributed by atoms with van der Waals surface area (Å²) in [6.45, 7) is 3.19. The first-order chi connectivity index (χ1) is 13.3. The zero-order chi connectivity index (χ0) is 19.9. The number of nitrogens with zero attached hydrogens (tertiary/aromatic N) is 3. The number of pyridine rings is 1. The molecule has 5 nitrogen and oxygen atoms in total. The second kappa shape index (κ2) is 7.37. The summed E-state index contributed by atoms with van der Waals surface area (Å²) in [5.74, 6) is 0.368. The van der Waals surface area contributed by atoms with E-state index in [-0.39, 0.29) is 11.7 Å². The van der Waals surface area contributed by atoms with Gasteiger partial charge in [-0.15, -0.1) is 0 Å². The van der Waals surface area contributed by atoms with Crippen molar-refractivity contribution in [2.24, 2.45) is 5.92 Å². The van der Waals surface area contributed by atoms with Crippen LogP contribution in [0.1, 0.15) is 12.5 Å². The average molecular weight is 460 g/mol. The third kappa shape index (κ3) is 3.73. The summed E-state index contributed by atoms with van der Waals surface area (Å²) in [4.78, 5) is 6.60. The standard InChI is InChI=1S/C21H22BrN3O2S/c1-15-12-25(28(26,27)14-15)18-5-3-4-16(10-18)13-24(2)21-8-9-23-20-7-6-17(22)11-19(20)21/h3-11,15H,12-14H2,1-2H3. The number of hydrogen-bond acceptors (Lipinski definition) is 4. The number of fused-ring (bicyclic) bond motifs is 1. The number of benzene rings is 2. The van der Waals surface area contributed by atoms with Crippen molar-refractivity contribution in [2.45, 2.75) is 13.5 Å². The lowest BCUT2D eigenvalue weighted by atomic mass is 10.1. The van der Waals surface area contributed by atoms with Crippen molar-refractivity contribution >= 4 is 48.2 Å². The highest BCUT2D eigenvalue weighted by Gasteiger charge is 2.33. The highest BCUT2D eigenvalue weighted by Crippen LogP contribution is 2.30. The molecule has 146 valence electrons. The fourth-order valence-electron chi connectivity index (χ4n) is 3.77. The van der Waals surface area contributed by atoms with Gasteiger partial charge in [0, 0.05) is 41.9 Å². The molecule has 7 heteroatoms. The second-order valence-corrected chi connectivity index (χ2v) is 10.3. The van der Waals surface area contributed by atoms with Gasteiger partial charge in [0.25, 0.3) is 0 Å². The van der Waals surface area contributed by atoms with Gasteiger partial charge in [0.05, 0.1) is 17.0 Å². The Labute approximate surface area is 174 Å². The fourth-order valence-corrected chi connectivity index (χ4v) is 6.05. The van der Waals surface area contributed by atoms with Gasteiger partial charge in [0.15, 0.2) is 0 Å². The van der Waals surface area contributed by atoms with Crippen molar-refractivity contribution in [3.8, 4) is 0 Å². The van der Waals surface area contributed by atoms with Crippen LogP contribution in [0.2, 0.25) is 0 Å². The number of halogens is 1. The zero-order valence-electron chi connectivity index (χ0n) is 15.8. The molecule has 28 heavy (non-hydrogen) atoms. The molecule has 0 bridgehead atoms. The molecule has 1 aliphatic rings. The van der Waals surface area contributed by atoms with Crippen LogP contribution >= 0.6 is 15.9 Å². The fraction of sp³-hybridized carbons (Fsp3) is 0.286. The first-order valence-corrected chi connectivity index (χ1v) is 11.6. The number of hydrogen-bond donors (Lipinski definition) is 0. The van der Waals surface area contributed by atoms with Gasteiger partial charge in [-0.3, -0.25) is 9.29 Å². The van der Waals surface area contributed by atoms with Crippen LogP contribution in [0.5, 0.6) is 0 Å². The molecular weight excluding hydrogens is 438 g/mol. The number of rotatable bonds is 4. The molecule has 1 unspecified atom stereocenters. The maximum atomic E-state index is 12.4. The predicted octanol–water partition coefficient (Wildman–Crippen LogP) is 4.42. The maximum Gasteiger partial charge on any atom is 0.235 e. The van der Waals surface area contributed by atoms with E-state index < -0.39 is 10.0 Å². The molecular formula is C21H22BrN3O2S. The molecule has 4 rings (SSSR count).